The number of nitrogens with one attached hydrogen (secondary N) is 1. The number of hydrogen-bond donors (Lipinski definition) is 1. The molecule has 2 amide bonds. The van der Waals surface area contributed by atoms with Crippen LogP contribution in [-0.4, -0.2) is 56.0 Å². The van der Waals surface area contributed by atoms with Crippen molar-refractivity contribution < 1.29 is 14.3 Å². The van der Waals surface area contributed by atoms with Gasteiger partial charge in [-0.2, -0.15) is 0 Å². The van der Waals surface area contributed by atoms with Crippen molar-refractivity contribution in [3.05, 3.63) is 0 Å². The molecular formula is C10H18N2O3. The summed E-state index contributed by atoms with van der Waals surface area (Å²) in [5, 5.41) is 3.03. The molecule has 5 heteroatoms. The Balaban J connectivity index is 1.85. The van der Waals surface area contributed by atoms with E-state index in [4.69, 9.17) is 9.47 Å². The molecule has 2 saturated heterocycles. The normalized spacial score (nSPS) is 31.7. The third-order valence-electron chi connectivity index (χ3n) is 2.93. The Hall–Kier alpha value is -0.810. The van der Waals surface area contributed by atoms with Crippen LogP contribution in [0, 0.1) is 0 Å². The van der Waals surface area contributed by atoms with Crippen LogP contribution >= 0.6 is 0 Å². The summed E-state index contributed by atoms with van der Waals surface area (Å²) in [6.07, 6.45) is 0.892. The Kier molecular flexibility index (Phi) is 3.11. The van der Waals surface area contributed by atoms with Crippen molar-refractivity contribution in [3.8, 4) is 0 Å². The van der Waals surface area contributed by atoms with Gasteiger partial charge in [0.2, 0.25) is 0 Å². The van der Waals surface area contributed by atoms with Crippen molar-refractivity contribution in [1.29, 1.82) is 0 Å². The summed E-state index contributed by atoms with van der Waals surface area (Å²) in [6, 6.07) is 0.00583. The Morgan fingerprint density at radius 3 is 2.60 bits per heavy atom. The van der Waals surface area contributed by atoms with Crippen molar-refractivity contribution >= 4 is 6.03 Å². The molecule has 86 valence electrons. The van der Waals surface area contributed by atoms with E-state index in [-0.39, 0.29) is 11.6 Å². The van der Waals surface area contributed by atoms with E-state index in [1.165, 1.54) is 0 Å². The highest BCUT2D eigenvalue weighted by Gasteiger charge is 2.32. The van der Waals surface area contributed by atoms with Gasteiger partial charge in [-0.1, -0.05) is 0 Å². The van der Waals surface area contributed by atoms with Gasteiger partial charge in [-0.3, -0.25) is 0 Å². The number of amides is 2. The molecule has 2 fully saturated rings. The zero-order valence-corrected chi connectivity index (χ0v) is 9.12. The van der Waals surface area contributed by atoms with Gasteiger partial charge in [0.1, 0.15) is 0 Å². The first kappa shape index (κ1) is 10.7. The molecule has 0 aromatic carbocycles. The van der Waals surface area contributed by atoms with Gasteiger partial charge < -0.3 is 19.7 Å². The van der Waals surface area contributed by atoms with Gasteiger partial charge in [-0.25, -0.2) is 4.79 Å². The SMILES string of the molecule is CC1(NC(=O)N2CCOCC2)CCOC1. The highest BCUT2D eigenvalue weighted by molar-refractivity contribution is 5.75. The maximum absolute atomic E-state index is 11.9. The van der Waals surface area contributed by atoms with Gasteiger partial charge in [-0.15, -0.1) is 0 Å². The summed E-state index contributed by atoms with van der Waals surface area (Å²) in [5.41, 5.74) is -0.185. The van der Waals surface area contributed by atoms with Crippen molar-refractivity contribution in [2.75, 3.05) is 39.5 Å². The third-order valence-corrected chi connectivity index (χ3v) is 2.93. The van der Waals surface area contributed by atoms with Gasteiger partial charge in [0.05, 0.1) is 25.4 Å². The van der Waals surface area contributed by atoms with Crippen molar-refractivity contribution in [3.63, 3.8) is 0 Å². The average molecular weight is 214 g/mol. The molecular weight excluding hydrogens is 196 g/mol. The fourth-order valence-corrected chi connectivity index (χ4v) is 1.87. The predicted octanol–water partition coefficient (Wildman–Crippen LogP) is 0.207. The van der Waals surface area contributed by atoms with E-state index in [1.807, 2.05) is 6.92 Å². The van der Waals surface area contributed by atoms with Crippen LogP contribution in [-0.2, 0) is 9.47 Å². The third kappa shape index (κ3) is 2.60. The maximum Gasteiger partial charge on any atom is 0.318 e. The molecule has 0 bridgehead atoms. The van der Waals surface area contributed by atoms with E-state index in [0.717, 1.165) is 13.0 Å². The maximum atomic E-state index is 11.9. The molecule has 15 heavy (non-hydrogen) atoms. The lowest BCUT2D eigenvalue weighted by molar-refractivity contribution is 0.0507. The fraction of sp³-hybridized carbons (Fsp3) is 0.900. The van der Waals surface area contributed by atoms with Crippen molar-refractivity contribution in [2.24, 2.45) is 0 Å². The second-order valence-corrected chi connectivity index (χ2v) is 4.39. The monoisotopic (exact) mass is 214 g/mol. The van der Waals surface area contributed by atoms with Crippen molar-refractivity contribution in [2.45, 2.75) is 18.9 Å². The Morgan fingerprint density at radius 1 is 1.27 bits per heavy atom. The highest BCUT2D eigenvalue weighted by Crippen LogP contribution is 2.17. The first-order valence-corrected chi connectivity index (χ1v) is 5.42. The van der Waals surface area contributed by atoms with Crippen molar-refractivity contribution in [1.82, 2.24) is 10.2 Å². The van der Waals surface area contributed by atoms with Gasteiger partial charge in [-0.05, 0) is 13.3 Å². The lowest BCUT2D eigenvalue weighted by atomic mass is 10.0. The number of urea groups is 1. The first-order chi connectivity index (χ1) is 7.20. The molecule has 0 radical (unpaired) electrons. The molecule has 1 atom stereocenters. The quantitative estimate of drug-likeness (QED) is 0.678. The minimum absolute atomic E-state index is 0.00583. The second-order valence-electron chi connectivity index (χ2n) is 4.39. The largest absolute Gasteiger partial charge is 0.379 e. The number of morpholine rings is 1. The van der Waals surface area contributed by atoms with Gasteiger partial charge >= 0.3 is 6.03 Å². The van der Waals surface area contributed by atoms with Gasteiger partial charge in [0.15, 0.2) is 0 Å². The van der Waals surface area contributed by atoms with Crippen LogP contribution in [0.4, 0.5) is 4.79 Å². The van der Waals surface area contributed by atoms with E-state index < -0.39 is 0 Å². The molecule has 2 heterocycles. The Bertz CT molecular complexity index is 233. The number of nitrogens with zero attached hydrogens (tertiary/aromatic N) is 1. The van der Waals surface area contributed by atoms with Crippen LogP contribution in [0.15, 0.2) is 0 Å². The minimum Gasteiger partial charge on any atom is -0.379 e. The van der Waals surface area contributed by atoms with E-state index in [2.05, 4.69) is 5.32 Å². The van der Waals surface area contributed by atoms with E-state index in [1.54, 1.807) is 4.90 Å². The number of carbonyl (C=O) groups is 1. The van der Waals surface area contributed by atoms with Crippen LogP contribution in [0.25, 0.3) is 0 Å². The average Bonchev–Trinajstić information content (AvgIpc) is 2.66. The van der Waals surface area contributed by atoms with Gasteiger partial charge in [0, 0.05) is 19.7 Å². The number of hydrogen-bond acceptors (Lipinski definition) is 3. The molecule has 1 N–H and O–H groups in total. The highest BCUT2D eigenvalue weighted by atomic mass is 16.5. The molecule has 0 aliphatic carbocycles. The van der Waals surface area contributed by atoms with Crippen LogP contribution in [0.2, 0.25) is 0 Å². The summed E-state index contributed by atoms with van der Waals surface area (Å²) in [7, 11) is 0. The smallest absolute Gasteiger partial charge is 0.318 e. The number of carbonyl (C=O) groups excluding carboxylic acids is 1. The zero-order valence-electron chi connectivity index (χ0n) is 9.12. The standard InChI is InChI=1S/C10H18N2O3/c1-10(2-5-15-8-10)11-9(13)12-3-6-14-7-4-12/h2-8H2,1H3,(H,11,13). The van der Waals surface area contributed by atoms with Crippen LogP contribution < -0.4 is 5.32 Å². The molecule has 2 aliphatic heterocycles. The van der Waals surface area contributed by atoms with Crippen LogP contribution in [0.5, 0.6) is 0 Å². The van der Waals surface area contributed by atoms with Crippen LogP contribution in [0.3, 0.4) is 0 Å². The summed E-state index contributed by atoms with van der Waals surface area (Å²) in [6.45, 7) is 6.02. The number of rotatable bonds is 1. The topological polar surface area (TPSA) is 50.8 Å². The fourth-order valence-electron chi connectivity index (χ4n) is 1.87. The Labute approximate surface area is 89.7 Å². The lowest BCUT2D eigenvalue weighted by Crippen LogP contribution is -2.54. The predicted molar refractivity (Wildman–Crippen MR) is 54.8 cm³/mol. The minimum atomic E-state index is -0.185. The van der Waals surface area contributed by atoms with E-state index >= 15 is 0 Å². The molecule has 2 rings (SSSR count). The molecule has 0 spiro atoms. The zero-order chi connectivity index (χ0) is 10.7. The molecule has 5 nitrogen and oxygen atoms in total. The van der Waals surface area contributed by atoms with E-state index in [0.29, 0.717) is 32.9 Å². The molecule has 1 unspecified atom stereocenters. The van der Waals surface area contributed by atoms with E-state index in [9.17, 15) is 4.79 Å². The van der Waals surface area contributed by atoms with Crippen LogP contribution in [0.1, 0.15) is 13.3 Å². The lowest BCUT2D eigenvalue weighted by Gasteiger charge is -2.31. The summed E-state index contributed by atoms with van der Waals surface area (Å²) in [5.74, 6) is 0. The molecule has 0 saturated carbocycles. The summed E-state index contributed by atoms with van der Waals surface area (Å²) >= 11 is 0. The molecule has 0 aromatic heterocycles. The van der Waals surface area contributed by atoms with Gasteiger partial charge in [0.25, 0.3) is 0 Å². The summed E-state index contributed by atoms with van der Waals surface area (Å²) < 4.78 is 10.5. The molecule has 0 aromatic rings. The summed E-state index contributed by atoms with van der Waals surface area (Å²) in [4.78, 5) is 13.7. The number of ether oxygens (including phenoxy) is 2. The Morgan fingerprint density at radius 2 is 2.00 bits per heavy atom. The molecule has 2 aliphatic rings. The second kappa shape index (κ2) is 4.37. The first-order valence-electron chi connectivity index (χ1n) is 5.42.